The normalized spacial score (nSPS) is 13.2. The van der Waals surface area contributed by atoms with E-state index in [0.29, 0.717) is 24.4 Å². The molecule has 3 rings (SSSR count). The predicted octanol–water partition coefficient (Wildman–Crippen LogP) is 2.21. The first-order valence-electron chi connectivity index (χ1n) is 8.27. The van der Waals surface area contributed by atoms with Gasteiger partial charge in [0.15, 0.2) is 0 Å². The Bertz CT molecular complexity index is 899. The van der Waals surface area contributed by atoms with Gasteiger partial charge < -0.3 is 15.4 Å². The molecule has 8 heteroatoms. The molecule has 1 aliphatic rings. The number of hydrogen-bond acceptors (Lipinski definition) is 4. The van der Waals surface area contributed by atoms with Gasteiger partial charge in [0.2, 0.25) is 10.0 Å². The maximum atomic E-state index is 12.6. The van der Waals surface area contributed by atoms with Gasteiger partial charge in [-0.15, -0.1) is 0 Å². The zero-order chi connectivity index (χ0) is 18.6. The molecule has 2 aromatic rings. The number of hydrogen-bond donors (Lipinski definition) is 2. The number of carbonyl (C=O) groups excluding carboxylic acids is 1. The lowest BCUT2D eigenvalue weighted by molar-refractivity contribution is 0.252. The van der Waals surface area contributed by atoms with Gasteiger partial charge in [-0.2, -0.15) is 0 Å². The highest BCUT2D eigenvalue weighted by Gasteiger charge is 2.28. The molecule has 26 heavy (non-hydrogen) atoms. The van der Waals surface area contributed by atoms with Crippen LogP contribution in [0, 0.1) is 0 Å². The van der Waals surface area contributed by atoms with Gasteiger partial charge >= 0.3 is 6.03 Å². The van der Waals surface area contributed by atoms with Crippen molar-refractivity contribution in [3.63, 3.8) is 0 Å². The van der Waals surface area contributed by atoms with E-state index in [1.807, 2.05) is 24.3 Å². The Morgan fingerprint density at radius 1 is 1.15 bits per heavy atom. The van der Waals surface area contributed by atoms with E-state index in [4.69, 9.17) is 4.74 Å². The molecule has 0 radical (unpaired) electrons. The van der Waals surface area contributed by atoms with Gasteiger partial charge in [0, 0.05) is 13.1 Å². The number of urea groups is 1. The SMILES string of the molecule is COc1ccccc1NC(=O)NCCS(=O)(=O)N1CCc2ccccc21. The van der Waals surface area contributed by atoms with Crippen LogP contribution in [0.3, 0.4) is 0 Å². The van der Waals surface area contributed by atoms with Crippen LogP contribution >= 0.6 is 0 Å². The van der Waals surface area contributed by atoms with Crippen LogP contribution in [-0.2, 0) is 16.4 Å². The lowest BCUT2D eigenvalue weighted by Crippen LogP contribution is -2.38. The Kier molecular flexibility index (Phi) is 5.32. The van der Waals surface area contributed by atoms with E-state index >= 15 is 0 Å². The lowest BCUT2D eigenvalue weighted by atomic mass is 10.2. The summed E-state index contributed by atoms with van der Waals surface area (Å²) in [7, 11) is -1.98. The number of benzene rings is 2. The molecule has 0 atom stereocenters. The molecule has 7 nitrogen and oxygen atoms in total. The average Bonchev–Trinajstić information content (AvgIpc) is 3.07. The van der Waals surface area contributed by atoms with E-state index in [1.54, 1.807) is 24.3 Å². The Morgan fingerprint density at radius 3 is 2.69 bits per heavy atom. The van der Waals surface area contributed by atoms with Crippen LogP contribution in [0.15, 0.2) is 48.5 Å². The van der Waals surface area contributed by atoms with Gasteiger partial charge in [-0.3, -0.25) is 4.31 Å². The number of rotatable bonds is 6. The second-order valence-electron chi connectivity index (χ2n) is 5.85. The summed E-state index contributed by atoms with van der Waals surface area (Å²) in [5, 5.41) is 5.22. The number of methoxy groups -OCH3 is 1. The first-order chi connectivity index (χ1) is 12.5. The summed E-state index contributed by atoms with van der Waals surface area (Å²) in [5.74, 6) is 0.365. The second-order valence-corrected chi connectivity index (χ2v) is 7.86. The Hall–Kier alpha value is -2.74. The van der Waals surface area contributed by atoms with E-state index < -0.39 is 16.1 Å². The molecule has 0 spiro atoms. The minimum Gasteiger partial charge on any atom is -0.495 e. The van der Waals surface area contributed by atoms with Crippen molar-refractivity contribution in [3.05, 3.63) is 54.1 Å². The summed E-state index contributed by atoms with van der Waals surface area (Å²) in [6.45, 7) is 0.455. The number of ether oxygens (including phenoxy) is 1. The first kappa shape index (κ1) is 18.1. The molecule has 2 N–H and O–H groups in total. The van der Waals surface area contributed by atoms with Gasteiger partial charge in [0.25, 0.3) is 0 Å². The number of nitrogens with zero attached hydrogens (tertiary/aromatic N) is 1. The van der Waals surface area contributed by atoms with Crippen molar-refractivity contribution in [1.29, 1.82) is 0 Å². The Labute approximate surface area is 153 Å². The van der Waals surface area contributed by atoms with E-state index in [-0.39, 0.29) is 12.3 Å². The summed E-state index contributed by atoms with van der Waals surface area (Å²) in [4.78, 5) is 12.0. The van der Waals surface area contributed by atoms with Crippen LogP contribution in [0.25, 0.3) is 0 Å². The molecule has 1 aliphatic heterocycles. The molecule has 138 valence electrons. The van der Waals surface area contributed by atoms with Crippen LogP contribution in [0.5, 0.6) is 5.75 Å². The monoisotopic (exact) mass is 375 g/mol. The number of anilines is 2. The molecule has 0 aromatic heterocycles. The summed E-state index contributed by atoms with van der Waals surface area (Å²) in [6.07, 6.45) is 0.705. The fraction of sp³-hybridized carbons (Fsp3) is 0.278. The second kappa shape index (κ2) is 7.65. The molecule has 0 unspecified atom stereocenters. The van der Waals surface area contributed by atoms with Crippen LogP contribution in [0.4, 0.5) is 16.2 Å². The average molecular weight is 375 g/mol. The highest BCUT2D eigenvalue weighted by molar-refractivity contribution is 7.92. The number of sulfonamides is 1. The highest BCUT2D eigenvalue weighted by atomic mass is 32.2. The fourth-order valence-corrected chi connectivity index (χ4v) is 4.34. The summed E-state index contributed by atoms with van der Waals surface area (Å²) >= 11 is 0. The zero-order valence-electron chi connectivity index (χ0n) is 14.4. The minimum atomic E-state index is -3.49. The van der Waals surface area contributed by atoms with Crippen LogP contribution in [0.1, 0.15) is 5.56 Å². The van der Waals surface area contributed by atoms with E-state index in [9.17, 15) is 13.2 Å². The maximum Gasteiger partial charge on any atom is 0.319 e. The van der Waals surface area contributed by atoms with Gasteiger partial charge in [0.05, 0.1) is 24.2 Å². The maximum absolute atomic E-state index is 12.6. The van der Waals surface area contributed by atoms with Crippen molar-refractivity contribution in [2.24, 2.45) is 0 Å². The minimum absolute atomic E-state index is 0.0159. The largest absolute Gasteiger partial charge is 0.495 e. The first-order valence-corrected chi connectivity index (χ1v) is 9.88. The number of para-hydroxylation sites is 3. The third-order valence-electron chi connectivity index (χ3n) is 4.18. The third kappa shape index (κ3) is 3.91. The third-order valence-corrected chi connectivity index (χ3v) is 5.95. The van der Waals surface area contributed by atoms with Crippen molar-refractivity contribution in [2.75, 3.05) is 35.6 Å². The number of carbonyl (C=O) groups is 1. The van der Waals surface area contributed by atoms with E-state index in [2.05, 4.69) is 10.6 Å². The van der Waals surface area contributed by atoms with Gasteiger partial charge in [-0.05, 0) is 30.2 Å². The molecule has 0 aliphatic carbocycles. The van der Waals surface area contributed by atoms with Crippen LogP contribution < -0.4 is 19.7 Å². The van der Waals surface area contributed by atoms with Crippen LogP contribution in [-0.4, -0.2) is 40.4 Å². The van der Waals surface area contributed by atoms with Crippen molar-refractivity contribution in [2.45, 2.75) is 6.42 Å². The molecular formula is C18H21N3O4S. The smallest absolute Gasteiger partial charge is 0.319 e. The Balaban J connectivity index is 1.55. The Morgan fingerprint density at radius 2 is 1.88 bits per heavy atom. The quantitative estimate of drug-likeness (QED) is 0.810. The number of nitrogens with one attached hydrogen (secondary N) is 2. The topological polar surface area (TPSA) is 87.7 Å². The van der Waals surface area contributed by atoms with Crippen LogP contribution in [0.2, 0.25) is 0 Å². The number of amides is 2. The molecule has 2 amide bonds. The summed E-state index contributed by atoms with van der Waals surface area (Å²) in [5.41, 5.74) is 2.27. The molecule has 2 aromatic carbocycles. The predicted molar refractivity (Wildman–Crippen MR) is 101 cm³/mol. The molecule has 0 bridgehead atoms. The van der Waals surface area contributed by atoms with Gasteiger partial charge in [0.1, 0.15) is 5.75 Å². The highest BCUT2D eigenvalue weighted by Crippen LogP contribution is 2.29. The van der Waals surface area contributed by atoms with Crippen molar-refractivity contribution in [1.82, 2.24) is 5.32 Å². The zero-order valence-corrected chi connectivity index (χ0v) is 15.3. The van der Waals surface area contributed by atoms with Crippen molar-refractivity contribution < 1.29 is 17.9 Å². The molecule has 0 saturated carbocycles. The van der Waals surface area contributed by atoms with E-state index in [0.717, 1.165) is 11.3 Å². The molecular weight excluding hydrogens is 354 g/mol. The summed E-state index contributed by atoms with van der Waals surface area (Å²) < 4.78 is 31.7. The van der Waals surface area contributed by atoms with Gasteiger partial charge in [-0.1, -0.05) is 30.3 Å². The molecule has 0 fully saturated rings. The lowest BCUT2D eigenvalue weighted by Gasteiger charge is -2.19. The molecule has 0 saturated heterocycles. The number of fused-ring (bicyclic) bond motifs is 1. The van der Waals surface area contributed by atoms with Gasteiger partial charge in [-0.25, -0.2) is 13.2 Å². The standard InChI is InChI=1S/C18H21N3O4S/c1-25-17-9-5-3-7-15(17)20-18(22)19-11-13-26(23,24)21-12-10-14-6-2-4-8-16(14)21/h2-9H,10-13H2,1H3,(H2,19,20,22). The fourth-order valence-electron chi connectivity index (χ4n) is 2.92. The van der Waals surface area contributed by atoms with Crippen molar-refractivity contribution in [3.8, 4) is 5.75 Å². The molecule has 1 heterocycles. The van der Waals surface area contributed by atoms with E-state index in [1.165, 1.54) is 11.4 Å². The summed E-state index contributed by atoms with van der Waals surface area (Å²) in [6, 6.07) is 14.0. The van der Waals surface area contributed by atoms with Crippen molar-refractivity contribution >= 4 is 27.4 Å².